The Bertz CT molecular complexity index is 782. The van der Waals surface area contributed by atoms with Gasteiger partial charge in [0.25, 0.3) is 0 Å². The van der Waals surface area contributed by atoms with Crippen molar-refractivity contribution in [2.45, 2.75) is 72.2 Å². The molecule has 1 heterocycles. The molecular weight excluding hydrogens is 376 g/mol. The number of aliphatic hydroxyl groups excluding tert-OH is 1. The van der Waals surface area contributed by atoms with Gasteiger partial charge in [0, 0.05) is 23.5 Å². The second-order valence-electron chi connectivity index (χ2n) is 9.10. The minimum absolute atomic E-state index is 0.0134. The number of rotatable bonds is 5. The lowest BCUT2D eigenvalue weighted by atomic mass is 9.46. The third-order valence-electron chi connectivity index (χ3n) is 7.52. The van der Waals surface area contributed by atoms with Crippen LogP contribution in [0.25, 0.3) is 0 Å². The first-order valence-electron chi connectivity index (χ1n) is 10.2. The Kier molecular flexibility index (Phi) is 5.64. The molecule has 7 nitrogen and oxygen atoms in total. The van der Waals surface area contributed by atoms with Gasteiger partial charge in [-0.15, -0.1) is 0 Å². The second-order valence-corrected chi connectivity index (χ2v) is 9.10. The zero-order valence-corrected chi connectivity index (χ0v) is 17.4. The largest absolute Gasteiger partial charge is 0.478 e. The molecule has 3 rings (SSSR count). The van der Waals surface area contributed by atoms with E-state index < -0.39 is 29.7 Å². The van der Waals surface area contributed by atoms with E-state index in [9.17, 15) is 24.6 Å². The smallest absolute Gasteiger partial charge is 0.336 e. The first-order chi connectivity index (χ1) is 13.5. The number of allylic oxidation sites excluding steroid dienone is 1. The standard InChI is InChI=1S/C22H30O7/c1-12-16(28-13(2)23)11-22(4)15(19(25)26)6-5-7-17(22)21(12,3)9-8-14-10-18(24)29-20(14)27/h6,10,12,16-18,24H,5,7-9,11H2,1-4H3,(H,25,26). The fraction of sp³-hybridized carbons (Fsp3) is 0.682. The van der Waals surface area contributed by atoms with E-state index in [0.29, 0.717) is 36.8 Å². The normalized spacial score (nSPS) is 39.1. The molecule has 0 bridgehead atoms. The Hall–Kier alpha value is -2.15. The molecule has 6 unspecified atom stereocenters. The molecule has 160 valence electrons. The summed E-state index contributed by atoms with van der Waals surface area (Å²) < 4.78 is 10.4. The van der Waals surface area contributed by atoms with E-state index in [1.54, 1.807) is 6.08 Å². The van der Waals surface area contributed by atoms with E-state index in [1.165, 1.54) is 13.0 Å². The molecule has 0 aromatic rings. The zero-order valence-electron chi connectivity index (χ0n) is 17.4. The summed E-state index contributed by atoms with van der Waals surface area (Å²) in [6, 6.07) is 0. The van der Waals surface area contributed by atoms with E-state index >= 15 is 0 Å². The topological polar surface area (TPSA) is 110 Å². The number of cyclic esters (lactones) is 1. The summed E-state index contributed by atoms with van der Waals surface area (Å²) in [5, 5.41) is 19.4. The van der Waals surface area contributed by atoms with Gasteiger partial charge < -0.3 is 19.7 Å². The van der Waals surface area contributed by atoms with Crippen LogP contribution in [0.3, 0.4) is 0 Å². The maximum Gasteiger partial charge on any atom is 0.336 e. The molecule has 0 saturated heterocycles. The van der Waals surface area contributed by atoms with Gasteiger partial charge in [0.05, 0.1) is 0 Å². The molecule has 2 N–H and O–H groups in total. The third-order valence-corrected chi connectivity index (χ3v) is 7.52. The van der Waals surface area contributed by atoms with Crippen molar-refractivity contribution in [2.24, 2.45) is 22.7 Å². The average Bonchev–Trinajstić information content (AvgIpc) is 2.94. The van der Waals surface area contributed by atoms with Crippen molar-refractivity contribution in [3.63, 3.8) is 0 Å². The van der Waals surface area contributed by atoms with Crippen molar-refractivity contribution >= 4 is 17.9 Å². The molecule has 7 heteroatoms. The van der Waals surface area contributed by atoms with Gasteiger partial charge in [0.2, 0.25) is 6.29 Å². The predicted octanol–water partition coefficient (Wildman–Crippen LogP) is 2.97. The fourth-order valence-corrected chi connectivity index (χ4v) is 5.92. The fourth-order valence-electron chi connectivity index (χ4n) is 5.92. The minimum Gasteiger partial charge on any atom is -0.478 e. The highest BCUT2D eigenvalue weighted by Crippen LogP contribution is 2.62. The van der Waals surface area contributed by atoms with Crippen molar-refractivity contribution < 1.29 is 34.1 Å². The number of hydrogen-bond donors (Lipinski definition) is 2. The van der Waals surface area contributed by atoms with Crippen LogP contribution in [-0.4, -0.2) is 40.5 Å². The van der Waals surface area contributed by atoms with Crippen LogP contribution in [0.15, 0.2) is 23.3 Å². The van der Waals surface area contributed by atoms with Crippen molar-refractivity contribution in [1.29, 1.82) is 0 Å². The van der Waals surface area contributed by atoms with Crippen LogP contribution < -0.4 is 0 Å². The van der Waals surface area contributed by atoms with Gasteiger partial charge in [-0.1, -0.05) is 26.8 Å². The molecule has 0 aromatic carbocycles. The first-order valence-corrected chi connectivity index (χ1v) is 10.2. The van der Waals surface area contributed by atoms with Crippen molar-refractivity contribution in [1.82, 2.24) is 0 Å². The third kappa shape index (κ3) is 3.72. The Morgan fingerprint density at radius 2 is 2.03 bits per heavy atom. The van der Waals surface area contributed by atoms with Gasteiger partial charge in [-0.3, -0.25) is 4.79 Å². The summed E-state index contributed by atoms with van der Waals surface area (Å²) in [5.41, 5.74) is -0.169. The molecule has 1 aliphatic heterocycles. The van der Waals surface area contributed by atoms with Crippen molar-refractivity contribution in [3.8, 4) is 0 Å². The maximum absolute atomic E-state index is 12.0. The SMILES string of the molecule is CC(=O)OC1CC2(C)C(C(=O)O)=CCCC2C(C)(CCC2=CC(O)OC2=O)C1C. The summed E-state index contributed by atoms with van der Waals surface area (Å²) in [5.74, 6) is -1.77. The molecule has 1 fully saturated rings. The molecule has 6 atom stereocenters. The maximum atomic E-state index is 12.0. The lowest BCUT2D eigenvalue weighted by Crippen LogP contribution is -2.56. The summed E-state index contributed by atoms with van der Waals surface area (Å²) >= 11 is 0. The number of esters is 2. The van der Waals surface area contributed by atoms with E-state index in [1.807, 2.05) is 13.8 Å². The summed E-state index contributed by atoms with van der Waals surface area (Å²) in [6.07, 6.45) is 4.63. The molecule has 29 heavy (non-hydrogen) atoms. The molecule has 0 spiro atoms. The summed E-state index contributed by atoms with van der Waals surface area (Å²) in [7, 11) is 0. The van der Waals surface area contributed by atoms with E-state index in [2.05, 4.69) is 6.92 Å². The van der Waals surface area contributed by atoms with Crippen LogP contribution in [-0.2, 0) is 23.9 Å². The number of carbonyl (C=O) groups is 3. The Labute approximate surface area is 170 Å². The number of aliphatic carboxylic acids is 1. The Morgan fingerprint density at radius 1 is 1.34 bits per heavy atom. The van der Waals surface area contributed by atoms with Crippen LogP contribution in [0.4, 0.5) is 0 Å². The molecule has 0 amide bonds. The van der Waals surface area contributed by atoms with Crippen LogP contribution in [0, 0.1) is 22.7 Å². The number of carbonyl (C=O) groups excluding carboxylic acids is 2. The van der Waals surface area contributed by atoms with E-state index in [0.717, 1.165) is 6.42 Å². The van der Waals surface area contributed by atoms with Crippen LogP contribution in [0.5, 0.6) is 0 Å². The number of ether oxygens (including phenoxy) is 2. The monoisotopic (exact) mass is 406 g/mol. The average molecular weight is 406 g/mol. The number of hydrogen-bond acceptors (Lipinski definition) is 6. The van der Waals surface area contributed by atoms with Gasteiger partial charge in [-0.25, -0.2) is 9.59 Å². The number of carboxylic acid groups (broad SMARTS) is 1. The van der Waals surface area contributed by atoms with Gasteiger partial charge in [0.1, 0.15) is 6.10 Å². The molecule has 3 aliphatic rings. The van der Waals surface area contributed by atoms with Crippen molar-refractivity contribution in [3.05, 3.63) is 23.3 Å². The van der Waals surface area contributed by atoms with Crippen molar-refractivity contribution in [2.75, 3.05) is 0 Å². The number of carboxylic acids is 1. The minimum atomic E-state index is -1.20. The quantitative estimate of drug-likeness (QED) is 0.675. The Balaban J connectivity index is 1.97. The number of aliphatic hydroxyl groups is 1. The van der Waals surface area contributed by atoms with Gasteiger partial charge in [-0.2, -0.15) is 0 Å². The highest BCUT2D eigenvalue weighted by molar-refractivity contribution is 5.90. The predicted molar refractivity (Wildman–Crippen MR) is 103 cm³/mol. The molecule has 0 aromatic heterocycles. The molecular formula is C22H30O7. The molecule has 0 radical (unpaired) electrons. The lowest BCUT2D eigenvalue weighted by Gasteiger charge is -2.59. The van der Waals surface area contributed by atoms with Crippen LogP contribution in [0.2, 0.25) is 0 Å². The lowest BCUT2D eigenvalue weighted by molar-refractivity contribution is -0.171. The summed E-state index contributed by atoms with van der Waals surface area (Å²) in [4.78, 5) is 35.7. The highest BCUT2D eigenvalue weighted by atomic mass is 16.6. The number of fused-ring (bicyclic) bond motifs is 1. The first kappa shape index (κ1) is 21.6. The molecule has 1 saturated carbocycles. The van der Waals surface area contributed by atoms with Gasteiger partial charge >= 0.3 is 17.9 Å². The van der Waals surface area contributed by atoms with Gasteiger partial charge in [0.15, 0.2) is 0 Å². The van der Waals surface area contributed by atoms with Gasteiger partial charge in [-0.05, 0) is 55.4 Å². The second kappa shape index (κ2) is 7.59. The summed E-state index contributed by atoms with van der Waals surface area (Å²) in [6.45, 7) is 7.48. The van der Waals surface area contributed by atoms with E-state index in [4.69, 9.17) is 9.47 Å². The van der Waals surface area contributed by atoms with Crippen LogP contribution >= 0.6 is 0 Å². The van der Waals surface area contributed by atoms with E-state index in [-0.39, 0.29) is 23.2 Å². The highest BCUT2D eigenvalue weighted by Gasteiger charge is 2.59. The van der Waals surface area contributed by atoms with Crippen LogP contribution in [0.1, 0.15) is 59.8 Å². The molecule has 2 aliphatic carbocycles. The Morgan fingerprint density at radius 3 is 2.59 bits per heavy atom. The zero-order chi connectivity index (χ0) is 21.6.